The number of pyridine rings is 1. The quantitative estimate of drug-likeness (QED) is 0.933. The monoisotopic (exact) mass is 322 g/mol. The smallest absolute Gasteiger partial charge is 0.219 e. The highest BCUT2D eigenvalue weighted by Gasteiger charge is 2.06. The fourth-order valence-electron chi connectivity index (χ4n) is 1.53. The van der Waals surface area contributed by atoms with Crippen molar-refractivity contribution in [1.29, 1.82) is 0 Å². The van der Waals surface area contributed by atoms with Crippen LogP contribution in [0.5, 0.6) is 17.4 Å². The average molecular weight is 323 g/mol. The van der Waals surface area contributed by atoms with Crippen LogP contribution in [0.1, 0.15) is 18.5 Å². The number of rotatable bonds is 4. The number of benzene rings is 1. The van der Waals surface area contributed by atoms with Crippen molar-refractivity contribution in [3.8, 4) is 17.4 Å². The van der Waals surface area contributed by atoms with Crippen LogP contribution in [0, 0.1) is 0 Å². The molecule has 19 heavy (non-hydrogen) atoms. The molecule has 0 saturated carbocycles. The van der Waals surface area contributed by atoms with E-state index in [1.54, 1.807) is 19.4 Å². The van der Waals surface area contributed by atoms with Crippen LogP contribution in [0.2, 0.25) is 0 Å². The lowest BCUT2D eigenvalue weighted by molar-refractivity contribution is 0.411. The molecule has 0 unspecified atom stereocenters. The number of nitrogens with zero attached hydrogens (tertiary/aromatic N) is 1. The van der Waals surface area contributed by atoms with Crippen molar-refractivity contribution in [3.05, 3.63) is 46.6 Å². The first-order valence-corrected chi connectivity index (χ1v) is 6.62. The van der Waals surface area contributed by atoms with Gasteiger partial charge in [0.05, 0.1) is 11.6 Å². The lowest BCUT2D eigenvalue weighted by Gasteiger charge is -2.09. The van der Waals surface area contributed by atoms with Gasteiger partial charge in [-0.3, -0.25) is 0 Å². The van der Waals surface area contributed by atoms with Gasteiger partial charge in [0.1, 0.15) is 11.5 Å². The summed E-state index contributed by atoms with van der Waals surface area (Å²) in [5.41, 5.74) is 6.74. The van der Waals surface area contributed by atoms with Gasteiger partial charge in [0.2, 0.25) is 5.88 Å². The molecule has 0 saturated heterocycles. The Morgan fingerprint density at radius 2 is 2.05 bits per heavy atom. The summed E-state index contributed by atoms with van der Waals surface area (Å²) < 4.78 is 11.6. The van der Waals surface area contributed by atoms with Crippen molar-refractivity contribution in [2.45, 2.75) is 13.0 Å². The Bertz CT molecular complexity index is 556. The third-order valence-corrected chi connectivity index (χ3v) is 3.26. The number of ether oxygens (including phenoxy) is 2. The van der Waals surface area contributed by atoms with Crippen LogP contribution in [0.4, 0.5) is 0 Å². The first-order chi connectivity index (χ1) is 9.10. The molecule has 2 N–H and O–H groups in total. The number of methoxy groups -OCH3 is 1. The lowest BCUT2D eigenvalue weighted by atomic mass is 10.2. The lowest BCUT2D eigenvalue weighted by Crippen LogP contribution is -2.05. The second-order valence-corrected chi connectivity index (χ2v) is 4.97. The molecule has 0 bridgehead atoms. The number of hydrogen-bond acceptors (Lipinski definition) is 4. The predicted octanol–water partition coefficient (Wildman–Crippen LogP) is 3.66. The minimum Gasteiger partial charge on any atom is -0.497 e. The summed E-state index contributed by atoms with van der Waals surface area (Å²) in [5, 5.41) is 0. The third-order valence-electron chi connectivity index (χ3n) is 2.64. The van der Waals surface area contributed by atoms with Crippen LogP contribution >= 0.6 is 15.9 Å². The first-order valence-electron chi connectivity index (χ1n) is 5.83. The van der Waals surface area contributed by atoms with Crippen molar-refractivity contribution in [2.75, 3.05) is 7.11 Å². The minimum atomic E-state index is -0.0331. The van der Waals surface area contributed by atoms with Gasteiger partial charge in [0.25, 0.3) is 0 Å². The SMILES string of the molecule is COc1ccc(Oc2ccc([C@@H](C)N)cn2)c(Br)c1. The van der Waals surface area contributed by atoms with Crippen LogP contribution in [-0.2, 0) is 0 Å². The van der Waals surface area contributed by atoms with Gasteiger partial charge in [-0.2, -0.15) is 0 Å². The number of aromatic nitrogens is 1. The van der Waals surface area contributed by atoms with E-state index in [2.05, 4.69) is 20.9 Å². The van der Waals surface area contributed by atoms with Gasteiger partial charge in [0.15, 0.2) is 0 Å². The highest BCUT2D eigenvalue weighted by Crippen LogP contribution is 2.32. The molecule has 0 aliphatic carbocycles. The molecule has 0 spiro atoms. The van der Waals surface area contributed by atoms with Gasteiger partial charge in [0, 0.05) is 18.3 Å². The Kier molecular flexibility index (Phi) is 4.39. The van der Waals surface area contributed by atoms with E-state index in [-0.39, 0.29) is 6.04 Å². The molecule has 1 aromatic carbocycles. The number of nitrogens with two attached hydrogens (primary N) is 1. The molecule has 2 aromatic rings. The molecular formula is C14H15BrN2O2. The van der Waals surface area contributed by atoms with Crippen molar-refractivity contribution in [1.82, 2.24) is 4.98 Å². The molecule has 5 heteroatoms. The van der Waals surface area contributed by atoms with E-state index in [0.29, 0.717) is 11.6 Å². The molecule has 100 valence electrons. The maximum absolute atomic E-state index is 5.77. The van der Waals surface area contributed by atoms with Crippen molar-refractivity contribution in [2.24, 2.45) is 5.73 Å². The topological polar surface area (TPSA) is 57.4 Å². The molecule has 0 fully saturated rings. The fraction of sp³-hybridized carbons (Fsp3) is 0.214. The summed E-state index contributed by atoms with van der Waals surface area (Å²) in [4.78, 5) is 4.22. The van der Waals surface area contributed by atoms with Gasteiger partial charge in [-0.25, -0.2) is 4.98 Å². The van der Waals surface area contributed by atoms with Gasteiger partial charge in [-0.15, -0.1) is 0 Å². The molecule has 0 amide bonds. The third kappa shape index (κ3) is 3.45. The Morgan fingerprint density at radius 3 is 2.58 bits per heavy atom. The van der Waals surface area contributed by atoms with Crippen LogP contribution in [0.3, 0.4) is 0 Å². The van der Waals surface area contributed by atoms with E-state index in [1.807, 2.05) is 31.2 Å². The summed E-state index contributed by atoms with van der Waals surface area (Å²) in [7, 11) is 1.62. The molecule has 0 aliphatic heterocycles. The van der Waals surface area contributed by atoms with Crippen LogP contribution in [0.25, 0.3) is 0 Å². The fourth-order valence-corrected chi connectivity index (χ4v) is 1.96. The first kappa shape index (κ1) is 13.8. The summed E-state index contributed by atoms with van der Waals surface area (Å²) in [6.45, 7) is 1.91. The Labute approximate surface area is 120 Å². The highest BCUT2D eigenvalue weighted by atomic mass is 79.9. The van der Waals surface area contributed by atoms with Crippen LogP contribution < -0.4 is 15.2 Å². The van der Waals surface area contributed by atoms with Crippen LogP contribution in [0.15, 0.2) is 41.0 Å². The van der Waals surface area contributed by atoms with E-state index >= 15 is 0 Å². The van der Waals surface area contributed by atoms with Gasteiger partial charge < -0.3 is 15.2 Å². The van der Waals surface area contributed by atoms with Gasteiger partial charge >= 0.3 is 0 Å². The van der Waals surface area contributed by atoms with E-state index < -0.39 is 0 Å². The molecule has 1 aromatic heterocycles. The number of halogens is 1. The Balaban J connectivity index is 2.16. The normalized spacial score (nSPS) is 12.0. The zero-order valence-electron chi connectivity index (χ0n) is 10.8. The molecular weight excluding hydrogens is 308 g/mol. The molecule has 2 rings (SSSR count). The summed E-state index contributed by atoms with van der Waals surface area (Å²) in [6.07, 6.45) is 1.72. The maximum Gasteiger partial charge on any atom is 0.219 e. The summed E-state index contributed by atoms with van der Waals surface area (Å²) in [5.74, 6) is 1.97. The second-order valence-electron chi connectivity index (χ2n) is 4.12. The Morgan fingerprint density at radius 1 is 1.26 bits per heavy atom. The van der Waals surface area contributed by atoms with Crippen molar-refractivity contribution < 1.29 is 9.47 Å². The van der Waals surface area contributed by atoms with Crippen LogP contribution in [-0.4, -0.2) is 12.1 Å². The number of hydrogen-bond donors (Lipinski definition) is 1. The predicted molar refractivity (Wildman–Crippen MR) is 77.6 cm³/mol. The summed E-state index contributed by atoms with van der Waals surface area (Å²) in [6, 6.07) is 9.17. The van der Waals surface area contributed by atoms with Gasteiger partial charge in [-0.05, 0) is 46.6 Å². The largest absolute Gasteiger partial charge is 0.497 e. The molecule has 4 nitrogen and oxygen atoms in total. The van der Waals surface area contributed by atoms with E-state index in [4.69, 9.17) is 15.2 Å². The second kappa shape index (κ2) is 6.04. The standard InChI is InChI=1S/C14H15BrN2O2/c1-9(16)10-3-6-14(17-8-10)19-13-5-4-11(18-2)7-12(13)15/h3-9H,16H2,1-2H3/t9-/m1/s1. The molecule has 0 radical (unpaired) electrons. The highest BCUT2D eigenvalue weighted by molar-refractivity contribution is 9.10. The van der Waals surface area contributed by atoms with E-state index in [0.717, 1.165) is 15.8 Å². The molecule has 0 aliphatic rings. The minimum absolute atomic E-state index is 0.0331. The van der Waals surface area contributed by atoms with E-state index in [9.17, 15) is 0 Å². The van der Waals surface area contributed by atoms with E-state index in [1.165, 1.54) is 0 Å². The molecule has 1 heterocycles. The average Bonchev–Trinajstić information content (AvgIpc) is 2.41. The zero-order valence-corrected chi connectivity index (χ0v) is 12.3. The van der Waals surface area contributed by atoms with Crippen molar-refractivity contribution in [3.63, 3.8) is 0 Å². The van der Waals surface area contributed by atoms with Gasteiger partial charge in [-0.1, -0.05) is 6.07 Å². The Hall–Kier alpha value is -1.59. The molecule has 1 atom stereocenters. The zero-order chi connectivity index (χ0) is 13.8. The summed E-state index contributed by atoms with van der Waals surface area (Å²) >= 11 is 3.43. The maximum atomic E-state index is 5.77. The van der Waals surface area contributed by atoms with Crippen molar-refractivity contribution >= 4 is 15.9 Å².